The molecule has 0 aliphatic heterocycles. The van der Waals surface area contributed by atoms with E-state index in [9.17, 15) is 4.79 Å². The Hall–Kier alpha value is -3.59. The molecule has 0 bridgehead atoms. The van der Waals surface area contributed by atoms with Crippen molar-refractivity contribution in [2.24, 2.45) is 0 Å². The van der Waals surface area contributed by atoms with Crippen LogP contribution in [0.4, 0.5) is 5.69 Å². The highest BCUT2D eigenvalue weighted by Crippen LogP contribution is 2.17. The zero-order chi connectivity index (χ0) is 16.8. The standard InChI is InChI=1S/C18H14N4O2/c19-11-14-3-1-2-4-17(14)24-12-18(23)21-15-5-7-16(8-6-15)22-10-9-20-13-22/h1-10,13H,12H2,(H,21,23). The normalized spacial score (nSPS) is 9.96. The SMILES string of the molecule is N#Cc1ccccc1OCC(=O)Nc1ccc(-n2ccnc2)cc1. The summed E-state index contributed by atoms with van der Waals surface area (Å²) in [5.41, 5.74) is 2.01. The second-order valence-corrected chi connectivity index (χ2v) is 4.96. The third-order valence-corrected chi connectivity index (χ3v) is 3.32. The van der Waals surface area contributed by atoms with Gasteiger partial charge >= 0.3 is 0 Å². The highest BCUT2D eigenvalue weighted by molar-refractivity contribution is 5.92. The Bertz CT molecular complexity index is 865. The lowest BCUT2D eigenvalue weighted by molar-refractivity contribution is -0.118. The lowest BCUT2D eigenvalue weighted by Crippen LogP contribution is -2.20. The van der Waals surface area contributed by atoms with E-state index in [0.29, 0.717) is 17.0 Å². The highest BCUT2D eigenvalue weighted by atomic mass is 16.5. The van der Waals surface area contributed by atoms with E-state index in [2.05, 4.69) is 10.3 Å². The van der Waals surface area contributed by atoms with Crippen molar-refractivity contribution >= 4 is 11.6 Å². The van der Waals surface area contributed by atoms with Gasteiger partial charge in [0.15, 0.2) is 6.61 Å². The fourth-order valence-corrected chi connectivity index (χ4v) is 2.15. The molecular formula is C18H14N4O2. The van der Waals surface area contributed by atoms with Gasteiger partial charge in [-0.05, 0) is 36.4 Å². The minimum absolute atomic E-state index is 0.165. The third-order valence-electron chi connectivity index (χ3n) is 3.32. The first-order valence-corrected chi connectivity index (χ1v) is 7.26. The summed E-state index contributed by atoms with van der Waals surface area (Å²) in [7, 11) is 0. The Balaban J connectivity index is 1.58. The smallest absolute Gasteiger partial charge is 0.262 e. The predicted octanol–water partition coefficient (Wildman–Crippen LogP) is 2.76. The van der Waals surface area contributed by atoms with Crippen molar-refractivity contribution < 1.29 is 9.53 Å². The quantitative estimate of drug-likeness (QED) is 0.784. The van der Waals surface area contributed by atoms with Crippen LogP contribution in [0.2, 0.25) is 0 Å². The van der Waals surface area contributed by atoms with E-state index in [0.717, 1.165) is 5.69 Å². The molecule has 1 N–H and O–H groups in total. The van der Waals surface area contributed by atoms with E-state index in [1.54, 1.807) is 48.9 Å². The van der Waals surface area contributed by atoms with E-state index in [-0.39, 0.29) is 12.5 Å². The van der Waals surface area contributed by atoms with Gasteiger partial charge in [0.2, 0.25) is 0 Å². The molecule has 3 rings (SSSR count). The second-order valence-electron chi connectivity index (χ2n) is 4.96. The molecule has 6 nitrogen and oxygen atoms in total. The molecule has 1 aromatic heterocycles. The third kappa shape index (κ3) is 3.59. The van der Waals surface area contributed by atoms with Crippen LogP contribution in [0.1, 0.15) is 5.56 Å². The fraction of sp³-hybridized carbons (Fsp3) is 0.0556. The number of hydrogen-bond donors (Lipinski definition) is 1. The number of rotatable bonds is 5. The van der Waals surface area contributed by atoms with Crippen LogP contribution in [0.15, 0.2) is 67.3 Å². The van der Waals surface area contributed by atoms with Crippen LogP contribution in [0.25, 0.3) is 5.69 Å². The number of amides is 1. The van der Waals surface area contributed by atoms with Crippen molar-refractivity contribution in [1.29, 1.82) is 5.26 Å². The van der Waals surface area contributed by atoms with Gasteiger partial charge in [0.1, 0.15) is 11.8 Å². The van der Waals surface area contributed by atoms with Crippen molar-refractivity contribution in [3.05, 3.63) is 72.8 Å². The zero-order valence-corrected chi connectivity index (χ0v) is 12.7. The van der Waals surface area contributed by atoms with E-state index in [4.69, 9.17) is 10.00 Å². The van der Waals surface area contributed by atoms with E-state index < -0.39 is 0 Å². The number of ether oxygens (including phenoxy) is 1. The molecule has 0 fully saturated rings. The lowest BCUT2D eigenvalue weighted by atomic mass is 10.2. The minimum atomic E-state index is -0.293. The largest absolute Gasteiger partial charge is 0.482 e. The minimum Gasteiger partial charge on any atom is -0.482 e. The number of benzene rings is 2. The maximum absolute atomic E-state index is 12.0. The Kier molecular flexibility index (Phi) is 4.54. The van der Waals surface area contributed by atoms with Gasteiger partial charge in [-0.3, -0.25) is 4.79 Å². The fourth-order valence-electron chi connectivity index (χ4n) is 2.15. The first-order valence-electron chi connectivity index (χ1n) is 7.26. The van der Waals surface area contributed by atoms with Crippen LogP contribution < -0.4 is 10.1 Å². The molecule has 0 radical (unpaired) electrons. The van der Waals surface area contributed by atoms with Crippen LogP contribution in [-0.2, 0) is 4.79 Å². The van der Waals surface area contributed by atoms with E-state index >= 15 is 0 Å². The molecule has 2 aromatic carbocycles. The number of carbonyl (C=O) groups is 1. The molecule has 1 heterocycles. The summed E-state index contributed by atoms with van der Waals surface area (Å²) in [4.78, 5) is 16.0. The number of nitriles is 1. The highest BCUT2D eigenvalue weighted by Gasteiger charge is 2.07. The Morgan fingerprint density at radius 2 is 2.00 bits per heavy atom. The van der Waals surface area contributed by atoms with Crippen LogP contribution in [-0.4, -0.2) is 22.1 Å². The summed E-state index contributed by atoms with van der Waals surface area (Å²) in [5, 5.41) is 11.7. The van der Waals surface area contributed by atoms with Crippen molar-refractivity contribution in [2.75, 3.05) is 11.9 Å². The van der Waals surface area contributed by atoms with E-state index in [1.807, 2.05) is 29.0 Å². The number of aromatic nitrogens is 2. The predicted molar refractivity (Wildman–Crippen MR) is 88.8 cm³/mol. The summed E-state index contributed by atoms with van der Waals surface area (Å²) in [6.45, 7) is -0.165. The van der Waals surface area contributed by atoms with E-state index in [1.165, 1.54) is 0 Å². The summed E-state index contributed by atoms with van der Waals surface area (Å²) in [5.74, 6) is 0.101. The summed E-state index contributed by atoms with van der Waals surface area (Å²) >= 11 is 0. The number of carbonyl (C=O) groups excluding carboxylic acids is 1. The van der Waals surface area contributed by atoms with Crippen molar-refractivity contribution in [1.82, 2.24) is 9.55 Å². The number of imidazole rings is 1. The molecule has 0 aliphatic carbocycles. The monoisotopic (exact) mass is 318 g/mol. The van der Waals surface area contributed by atoms with Crippen LogP contribution in [0.5, 0.6) is 5.75 Å². The molecule has 0 atom stereocenters. The molecule has 0 saturated heterocycles. The Labute approximate surface area is 138 Å². The topological polar surface area (TPSA) is 79.9 Å². The number of para-hydroxylation sites is 1. The molecule has 0 unspecified atom stereocenters. The lowest BCUT2D eigenvalue weighted by Gasteiger charge is -2.09. The van der Waals surface area contributed by atoms with Crippen molar-refractivity contribution in [3.8, 4) is 17.5 Å². The average molecular weight is 318 g/mol. The van der Waals surface area contributed by atoms with Crippen molar-refractivity contribution in [2.45, 2.75) is 0 Å². The summed E-state index contributed by atoms with van der Waals surface area (Å²) in [6.07, 6.45) is 5.24. The average Bonchev–Trinajstić information content (AvgIpc) is 3.15. The van der Waals surface area contributed by atoms with Crippen LogP contribution in [0, 0.1) is 11.3 Å². The number of anilines is 1. The molecular weight excluding hydrogens is 304 g/mol. The van der Waals surface area contributed by atoms with Gasteiger partial charge in [0, 0.05) is 23.8 Å². The van der Waals surface area contributed by atoms with Gasteiger partial charge in [-0.1, -0.05) is 12.1 Å². The molecule has 0 saturated carbocycles. The zero-order valence-electron chi connectivity index (χ0n) is 12.7. The maximum atomic E-state index is 12.0. The molecule has 6 heteroatoms. The van der Waals surface area contributed by atoms with Gasteiger partial charge in [-0.15, -0.1) is 0 Å². The maximum Gasteiger partial charge on any atom is 0.262 e. The van der Waals surface area contributed by atoms with Gasteiger partial charge in [-0.2, -0.15) is 5.26 Å². The Morgan fingerprint density at radius 3 is 2.71 bits per heavy atom. The molecule has 118 valence electrons. The van der Waals surface area contributed by atoms with Crippen LogP contribution in [0.3, 0.4) is 0 Å². The van der Waals surface area contributed by atoms with Gasteiger partial charge in [0.25, 0.3) is 5.91 Å². The Morgan fingerprint density at radius 1 is 1.21 bits per heavy atom. The summed E-state index contributed by atoms with van der Waals surface area (Å²) in [6, 6.07) is 16.2. The molecule has 0 spiro atoms. The number of nitrogens with zero attached hydrogens (tertiary/aromatic N) is 3. The molecule has 1 amide bonds. The number of nitrogens with one attached hydrogen (secondary N) is 1. The number of hydrogen-bond acceptors (Lipinski definition) is 4. The molecule has 3 aromatic rings. The van der Waals surface area contributed by atoms with Crippen LogP contribution >= 0.6 is 0 Å². The van der Waals surface area contributed by atoms with Crippen molar-refractivity contribution in [3.63, 3.8) is 0 Å². The second kappa shape index (κ2) is 7.11. The van der Waals surface area contributed by atoms with Gasteiger partial charge in [0.05, 0.1) is 11.9 Å². The van der Waals surface area contributed by atoms with Gasteiger partial charge < -0.3 is 14.6 Å². The molecule has 0 aliphatic rings. The molecule has 24 heavy (non-hydrogen) atoms. The first kappa shape index (κ1) is 15.3. The summed E-state index contributed by atoms with van der Waals surface area (Å²) < 4.78 is 7.27. The first-order chi connectivity index (χ1) is 11.8. The van der Waals surface area contributed by atoms with Gasteiger partial charge in [-0.25, -0.2) is 4.98 Å².